The molecule has 3 aliphatic heterocycles. The number of hydrogen-bond acceptors (Lipinski definition) is 16. The molecule has 3 fully saturated rings. The lowest BCUT2D eigenvalue weighted by molar-refractivity contribution is -0.142. The number of aryl methyl sites for hydroxylation is 1. The number of rotatable bonds is 16. The van der Waals surface area contributed by atoms with Crippen molar-refractivity contribution in [3.05, 3.63) is 154 Å². The molecule has 4 atom stereocenters. The molecule has 21 nitrogen and oxygen atoms in total. The number of sulfonamides is 1. The second-order valence-electron chi connectivity index (χ2n) is 25.6. The Kier molecular flexibility index (Phi) is 18.4. The number of nitrogens with one attached hydrogen (secondary N) is 4. The predicted octanol–water partition coefficient (Wildman–Crippen LogP) is 9.89. The van der Waals surface area contributed by atoms with Gasteiger partial charge in [-0.3, -0.25) is 29.2 Å². The van der Waals surface area contributed by atoms with Gasteiger partial charge in [-0.1, -0.05) is 99.9 Å². The first-order valence-electron chi connectivity index (χ1n) is 31.5. The Hall–Kier alpha value is -8.58. The highest BCUT2D eigenvalue weighted by atomic mass is 32.2. The van der Waals surface area contributed by atoms with Crippen molar-refractivity contribution >= 4 is 89.2 Å². The minimum Gasteiger partial charge on any atom is -0.391 e. The standard InChI is InChI=1S/C68H77N13O8S3/c1-41(45-19-21-47(22-20-45)60-42(2)69-40-90-60)71-63(84)56-35-49(82)38-80(56)65(86)61(68(4,5)6)74-67(87)78-33-31-77(32-34-78)48-23-25-50(26-24-48)92(88,89)76-64(85)59-51(53-36-70-81(43(53)3)37-44-13-8-7-9-14-44)27-28-58(73-59)79-30-29-46-15-12-16-52(54(46)39-79)62(83)75-66-72-55-17-10-11-18-57(55)91-66/h10-12,15-28,36,40-41,44,49,56,61,82H,7-9,13-14,29-35,37-39H2,1-6H3,(H,71,84)(H,74,87)(H,76,85)(H,72,75,83)/t41-,49+,56-,61+/m0/s1. The summed E-state index contributed by atoms with van der Waals surface area (Å²) < 4.78 is 33.9. The van der Waals surface area contributed by atoms with Crippen LogP contribution in [0.3, 0.4) is 0 Å². The fourth-order valence-electron chi connectivity index (χ4n) is 13.1. The van der Waals surface area contributed by atoms with Crippen molar-refractivity contribution in [2.24, 2.45) is 11.3 Å². The van der Waals surface area contributed by atoms with Crippen molar-refractivity contribution in [3.63, 3.8) is 0 Å². The first-order chi connectivity index (χ1) is 44.1. The zero-order valence-electron chi connectivity index (χ0n) is 52.5. The van der Waals surface area contributed by atoms with Crippen molar-refractivity contribution in [1.29, 1.82) is 0 Å². The van der Waals surface area contributed by atoms with E-state index >= 15 is 0 Å². The van der Waals surface area contributed by atoms with Gasteiger partial charge in [0.25, 0.3) is 21.8 Å². The van der Waals surface area contributed by atoms with Gasteiger partial charge in [0.1, 0.15) is 23.6 Å². The third-order valence-electron chi connectivity index (χ3n) is 18.3. The van der Waals surface area contributed by atoms with E-state index in [1.165, 1.54) is 47.6 Å². The van der Waals surface area contributed by atoms with E-state index in [0.717, 1.165) is 68.1 Å². The molecular formula is C68H77N13O8S3. The summed E-state index contributed by atoms with van der Waals surface area (Å²) in [5.41, 5.74) is 9.54. The number of hydrogen-bond donors (Lipinski definition) is 5. The van der Waals surface area contributed by atoms with Crippen molar-refractivity contribution in [3.8, 4) is 21.6 Å². The van der Waals surface area contributed by atoms with Crippen LogP contribution in [0, 0.1) is 25.2 Å². The molecule has 0 spiro atoms. The summed E-state index contributed by atoms with van der Waals surface area (Å²) in [6.07, 6.45) is 7.25. The number of nitrogens with zero attached hydrogens (tertiary/aromatic N) is 9. The second-order valence-corrected chi connectivity index (χ2v) is 29.2. The number of anilines is 3. The third-order valence-corrected chi connectivity index (χ3v) is 21.6. The number of aromatic nitrogens is 5. The molecule has 7 heterocycles. The van der Waals surface area contributed by atoms with Crippen molar-refractivity contribution in [2.45, 2.75) is 129 Å². The number of pyridine rings is 1. The maximum atomic E-state index is 14.7. The molecule has 12 rings (SSSR count). The average molecular weight is 1300 g/mol. The molecule has 2 saturated heterocycles. The molecule has 6 amide bonds. The molecule has 1 aliphatic carbocycles. The van der Waals surface area contributed by atoms with Crippen molar-refractivity contribution in [2.75, 3.05) is 54.4 Å². The van der Waals surface area contributed by atoms with Gasteiger partial charge < -0.3 is 35.3 Å². The number of para-hydroxylation sites is 1. The SMILES string of the molecule is Cc1ncsc1-c1ccc([C@H](C)NC(=O)[C@@H]2C[C@@H](O)CN2C(=O)[C@@H](NC(=O)N2CCN(c3ccc(S(=O)(=O)NC(=O)c4nc(N5CCc6cccc(C(=O)Nc7nc8ccccc8s7)c6C5)ccc4-c4cnn(CC5CCCCC5)c4C)cc3)CC2)C(C)(C)C)cc1. The number of amides is 6. The number of thiazole rings is 2. The minimum atomic E-state index is -4.47. The van der Waals surface area contributed by atoms with E-state index in [1.54, 1.807) is 46.7 Å². The second kappa shape index (κ2) is 26.6. The Bertz CT molecular complexity index is 4150. The van der Waals surface area contributed by atoms with E-state index in [2.05, 4.69) is 30.6 Å². The number of piperazine rings is 1. The maximum absolute atomic E-state index is 14.7. The van der Waals surface area contributed by atoms with Gasteiger partial charge in [-0.05, 0) is 128 Å². The van der Waals surface area contributed by atoms with Gasteiger partial charge in [0.15, 0.2) is 5.13 Å². The summed E-state index contributed by atoms with van der Waals surface area (Å²) in [7, 11) is -4.47. The Balaban J connectivity index is 0.702. The van der Waals surface area contributed by atoms with Crippen LogP contribution < -0.4 is 30.5 Å². The number of β-amino-alcohol motifs (C(OH)–C–C–N with tert-alkyl or cyclic N) is 1. The zero-order chi connectivity index (χ0) is 64.6. The number of aliphatic hydroxyl groups is 1. The predicted molar refractivity (Wildman–Crippen MR) is 357 cm³/mol. The summed E-state index contributed by atoms with van der Waals surface area (Å²) in [5, 5.41) is 25.1. The molecule has 92 heavy (non-hydrogen) atoms. The molecule has 24 heteroatoms. The summed E-state index contributed by atoms with van der Waals surface area (Å²) in [6.45, 7) is 14.1. The van der Waals surface area contributed by atoms with Crippen LogP contribution in [0.2, 0.25) is 0 Å². The van der Waals surface area contributed by atoms with Crippen LogP contribution in [-0.2, 0) is 39.1 Å². The van der Waals surface area contributed by atoms with E-state index in [-0.39, 0.29) is 42.6 Å². The summed E-state index contributed by atoms with van der Waals surface area (Å²) in [6, 6.07) is 28.3. The molecule has 4 aliphatic rings. The number of aliphatic hydroxyl groups excluding tert-OH is 1. The Morgan fingerprint density at radius 1 is 0.793 bits per heavy atom. The third kappa shape index (κ3) is 13.6. The Morgan fingerprint density at radius 2 is 1.54 bits per heavy atom. The van der Waals surface area contributed by atoms with E-state index in [4.69, 9.17) is 10.1 Å². The highest BCUT2D eigenvalue weighted by Gasteiger charge is 2.45. The largest absolute Gasteiger partial charge is 0.391 e. The number of urea groups is 1. The Labute approximate surface area is 543 Å². The lowest BCUT2D eigenvalue weighted by Gasteiger charge is -2.39. The van der Waals surface area contributed by atoms with E-state index in [9.17, 15) is 37.5 Å². The van der Waals surface area contributed by atoms with Gasteiger partial charge in [0.2, 0.25) is 11.8 Å². The monoisotopic (exact) mass is 1300 g/mol. The number of fused-ring (bicyclic) bond motifs is 2. The normalized spacial score (nSPS) is 17.9. The van der Waals surface area contributed by atoms with E-state index < -0.39 is 63.4 Å². The van der Waals surface area contributed by atoms with E-state index in [0.29, 0.717) is 71.8 Å². The Morgan fingerprint density at radius 3 is 2.26 bits per heavy atom. The van der Waals surface area contributed by atoms with Crippen LogP contribution >= 0.6 is 22.7 Å². The number of carbonyl (C=O) groups is 5. The molecule has 5 N–H and O–H groups in total. The van der Waals surface area contributed by atoms with Crippen LogP contribution in [0.25, 0.3) is 31.8 Å². The first kappa shape index (κ1) is 63.6. The topological polar surface area (TPSA) is 257 Å². The molecule has 4 aromatic carbocycles. The van der Waals surface area contributed by atoms with Crippen LogP contribution in [0.15, 0.2) is 120 Å². The number of likely N-dealkylation sites (tertiary alicyclic amines) is 1. The lowest BCUT2D eigenvalue weighted by Crippen LogP contribution is -2.61. The first-order valence-corrected chi connectivity index (χ1v) is 34.7. The van der Waals surface area contributed by atoms with Crippen LogP contribution in [0.5, 0.6) is 0 Å². The van der Waals surface area contributed by atoms with Crippen LogP contribution in [0.4, 0.5) is 21.4 Å². The zero-order valence-corrected chi connectivity index (χ0v) is 55.0. The van der Waals surface area contributed by atoms with Gasteiger partial charge in [-0.2, -0.15) is 5.10 Å². The molecule has 0 bridgehead atoms. The van der Waals surface area contributed by atoms with Gasteiger partial charge in [-0.15, -0.1) is 11.3 Å². The fraction of sp³-hybridized carbons (Fsp3) is 0.397. The van der Waals surface area contributed by atoms with Gasteiger partial charge >= 0.3 is 6.03 Å². The van der Waals surface area contributed by atoms with Gasteiger partial charge in [-0.25, -0.2) is 32.9 Å². The molecule has 0 radical (unpaired) electrons. The number of benzene rings is 4. The molecule has 0 unspecified atom stereocenters. The lowest BCUT2D eigenvalue weighted by atomic mass is 9.85. The maximum Gasteiger partial charge on any atom is 0.318 e. The van der Waals surface area contributed by atoms with Crippen LogP contribution in [0.1, 0.15) is 121 Å². The van der Waals surface area contributed by atoms with Gasteiger partial charge in [0.05, 0.1) is 49.5 Å². The minimum absolute atomic E-state index is 0.0542. The summed E-state index contributed by atoms with van der Waals surface area (Å²) in [5.74, 6) is -1.16. The molecule has 4 aromatic heterocycles. The molecule has 1 saturated carbocycles. The summed E-state index contributed by atoms with van der Waals surface area (Å²) in [4.78, 5) is 93.1. The number of carbonyl (C=O) groups excluding carboxylic acids is 5. The molecule has 8 aromatic rings. The average Bonchev–Trinajstić information content (AvgIpc) is 1.36. The molecular weight excluding hydrogens is 1220 g/mol. The van der Waals surface area contributed by atoms with Gasteiger partial charge in [0, 0.05) is 86.9 Å². The van der Waals surface area contributed by atoms with Crippen molar-refractivity contribution < 1.29 is 37.5 Å². The highest BCUT2D eigenvalue weighted by Crippen LogP contribution is 2.36. The van der Waals surface area contributed by atoms with E-state index in [1.807, 2.05) is 128 Å². The quantitative estimate of drug-likeness (QED) is 0.0603. The van der Waals surface area contributed by atoms with Crippen LogP contribution in [-0.4, -0.2) is 135 Å². The molecule has 480 valence electrons. The van der Waals surface area contributed by atoms with Crippen molar-refractivity contribution in [1.82, 2.24) is 49.9 Å². The highest BCUT2D eigenvalue weighted by molar-refractivity contribution is 7.90. The fourth-order valence-corrected chi connectivity index (χ4v) is 15.7. The smallest absolute Gasteiger partial charge is 0.318 e. The summed E-state index contributed by atoms with van der Waals surface area (Å²) >= 11 is 2.96.